The quantitative estimate of drug-likeness (QED) is 0.683. The highest BCUT2D eigenvalue weighted by Gasteiger charge is 2.47. The second-order valence-electron chi connectivity index (χ2n) is 8.40. The molecule has 2 fully saturated rings. The summed E-state index contributed by atoms with van der Waals surface area (Å²) in [6.07, 6.45) is 1.94. The number of methoxy groups -OCH3 is 1. The van der Waals surface area contributed by atoms with E-state index in [-0.39, 0.29) is 29.3 Å². The summed E-state index contributed by atoms with van der Waals surface area (Å²) >= 11 is 0. The van der Waals surface area contributed by atoms with Gasteiger partial charge in [0.2, 0.25) is 15.9 Å². The maximum Gasteiger partial charge on any atom is 0.236 e. The van der Waals surface area contributed by atoms with Gasteiger partial charge in [-0.1, -0.05) is 30.3 Å². The third-order valence-electron chi connectivity index (χ3n) is 6.05. The molecule has 2 aromatic carbocycles. The van der Waals surface area contributed by atoms with Crippen molar-refractivity contribution in [2.75, 3.05) is 26.1 Å². The molecule has 2 aromatic rings. The summed E-state index contributed by atoms with van der Waals surface area (Å²) in [6.45, 7) is 0.864. The van der Waals surface area contributed by atoms with Crippen molar-refractivity contribution in [3.63, 3.8) is 0 Å². The maximum atomic E-state index is 14.4. The first-order valence-corrected chi connectivity index (χ1v) is 12.3. The Kier molecular flexibility index (Phi) is 6.60. The Hall–Kier alpha value is -2.36. The Balaban J connectivity index is 1.48. The zero-order valence-corrected chi connectivity index (χ0v) is 18.6. The molecule has 9 heteroatoms. The number of rotatable bonds is 7. The molecule has 6 nitrogen and oxygen atoms in total. The summed E-state index contributed by atoms with van der Waals surface area (Å²) in [5.74, 6) is -2.14. The molecule has 1 saturated heterocycles. The maximum absolute atomic E-state index is 14.4. The highest BCUT2D eigenvalue weighted by atomic mass is 32.2. The average molecular weight is 465 g/mol. The van der Waals surface area contributed by atoms with Gasteiger partial charge in [-0.15, -0.1) is 0 Å². The van der Waals surface area contributed by atoms with Crippen molar-refractivity contribution >= 4 is 15.9 Å². The predicted molar refractivity (Wildman–Crippen MR) is 116 cm³/mol. The van der Waals surface area contributed by atoms with Crippen LogP contribution in [0.1, 0.15) is 30.7 Å². The minimum absolute atomic E-state index is 0.0468. The van der Waals surface area contributed by atoms with Gasteiger partial charge < -0.3 is 9.64 Å². The highest BCUT2D eigenvalue weighted by molar-refractivity contribution is 7.89. The third-order valence-corrected chi connectivity index (χ3v) is 7.29. The van der Waals surface area contributed by atoms with Crippen LogP contribution in [0.2, 0.25) is 0 Å². The second-order valence-corrected chi connectivity index (χ2v) is 10.1. The number of hydrogen-bond donors (Lipinski definition) is 1. The largest absolute Gasteiger partial charge is 0.367 e. The highest BCUT2D eigenvalue weighted by Crippen LogP contribution is 2.51. The summed E-state index contributed by atoms with van der Waals surface area (Å²) < 4.78 is 60.1. The third kappa shape index (κ3) is 4.84. The van der Waals surface area contributed by atoms with Crippen LogP contribution in [-0.4, -0.2) is 51.4 Å². The Morgan fingerprint density at radius 1 is 1.16 bits per heavy atom. The number of piperidine rings is 1. The Bertz CT molecular complexity index is 1090. The smallest absolute Gasteiger partial charge is 0.236 e. The number of likely N-dealkylation sites (tertiary alicyclic amines) is 1. The van der Waals surface area contributed by atoms with Crippen LogP contribution in [0.3, 0.4) is 0 Å². The summed E-state index contributed by atoms with van der Waals surface area (Å²) in [5, 5.41) is 0. The minimum Gasteiger partial charge on any atom is -0.367 e. The van der Waals surface area contributed by atoms with Crippen LogP contribution in [0.15, 0.2) is 42.5 Å². The van der Waals surface area contributed by atoms with E-state index in [1.807, 2.05) is 6.07 Å². The van der Waals surface area contributed by atoms with Gasteiger partial charge >= 0.3 is 0 Å². The van der Waals surface area contributed by atoms with E-state index in [0.717, 1.165) is 5.56 Å². The molecule has 4 rings (SSSR count). The molecule has 1 saturated carbocycles. The van der Waals surface area contributed by atoms with Crippen LogP contribution < -0.4 is 4.72 Å². The molecule has 172 valence electrons. The zero-order chi connectivity index (χ0) is 22.9. The number of amides is 1. The van der Waals surface area contributed by atoms with E-state index in [4.69, 9.17) is 4.74 Å². The van der Waals surface area contributed by atoms with Gasteiger partial charge in [0.05, 0.1) is 5.56 Å². The Morgan fingerprint density at radius 3 is 2.59 bits per heavy atom. The molecular formula is C23H26F2N2O4S. The fourth-order valence-electron chi connectivity index (χ4n) is 4.57. The van der Waals surface area contributed by atoms with Gasteiger partial charge in [0.1, 0.15) is 11.6 Å². The predicted octanol–water partition coefficient (Wildman–Crippen LogP) is 3.25. The molecule has 1 aliphatic heterocycles. The Morgan fingerprint density at radius 2 is 1.88 bits per heavy atom. The van der Waals surface area contributed by atoms with Crippen molar-refractivity contribution < 1.29 is 26.7 Å². The van der Waals surface area contributed by atoms with Crippen LogP contribution in [0.4, 0.5) is 8.78 Å². The van der Waals surface area contributed by atoms with Crippen LogP contribution in [-0.2, 0) is 19.6 Å². The number of nitrogens with one attached hydrogen (secondary N) is 1. The van der Waals surface area contributed by atoms with E-state index in [0.29, 0.717) is 37.9 Å². The molecule has 1 aliphatic carbocycles. The van der Waals surface area contributed by atoms with Crippen LogP contribution in [0, 0.1) is 17.6 Å². The summed E-state index contributed by atoms with van der Waals surface area (Å²) in [6, 6.07) is 10.4. The molecule has 1 amide bonds. The van der Waals surface area contributed by atoms with Crippen molar-refractivity contribution in [2.45, 2.75) is 31.2 Å². The number of benzene rings is 2. The number of carbonyl (C=O) groups is 1. The second kappa shape index (κ2) is 9.25. The molecule has 0 radical (unpaired) electrons. The standard InChI is InChI=1S/C23H26F2N2O4S/c1-31-14-32(29,30)26-15-6-5-11-27(13-15)23(28)19-12-18(19)16-7-2-3-8-17(16)22-20(24)9-4-10-21(22)25/h2-4,7-10,15,18-19,26H,5-6,11-14H2,1H3/t15-,18+,19-/m0/s1. The summed E-state index contributed by atoms with van der Waals surface area (Å²) in [4.78, 5) is 14.8. The van der Waals surface area contributed by atoms with E-state index in [9.17, 15) is 22.0 Å². The van der Waals surface area contributed by atoms with Crippen molar-refractivity contribution in [1.82, 2.24) is 9.62 Å². The lowest BCUT2D eigenvalue weighted by atomic mass is 9.95. The van der Waals surface area contributed by atoms with Crippen molar-refractivity contribution in [2.24, 2.45) is 5.92 Å². The molecule has 1 N–H and O–H groups in total. The fraction of sp³-hybridized carbons (Fsp3) is 0.435. The zero-order valence-electron chi connectivity index (χ0n) is 17.8. The SMILES string of the molecule is COCS(=O)(=O)N[C@H]1CCCN(C(=O)[C@H]2C[C@@H]2c2ccccc2-c2c(F)cccc2F)C1. The summed E-state index contributed by atoms with van der Waals surface area (Å²) in [7, 11) is -2.25. The first-order chi connectivity index (χ1) is 15.3. The molecular weight excluding hydrogens is 438 g/mol. The Labute approximate surface area is 186 Å². The first kappa shape index (κ1) is 22.8. The number of hydrogen-bond acceptors (Lipinski definition) is 4. The van der Waals surface area contributed by atoms with Gasteiger partial charge in [0.25, 0.3) is 0 Å². The van der Waals surface area contributed by atoms with Gasteiger partial charge in [-0.2, -0.15) is 0 Å². The molecule has 2 aliphatic rings. The molecule has 0 unspecified atom stereocenters. The number of nitrogens with zero attached hydrogens (tertiary/aromatic N) is 1. The first-order valence-electron chi connectivity index (χ1n) is 10.6. The van der Waals surface area contributed by atoms with Gasteiger partial charge in [0, 0.05) is 32.2 Å². The lowest BCUT2D eigenvalue weighted by Gasteiger charge is -2.33. The van der Waals surface area contributed by atoms with Gasteiger partial charge in [0.15, 0.2) is 5.94 Å². The topological polar surface area (TPSA) is 75.7 Å². The van der Waals surface area contributed by atoms with E-state index < -0.39 is 27.6 Å². The lowest BCUT2D eigenvalue weighted by Crippen LogP contribution is -2.50. The lowest BCUT2D eigenvalue weighted by molar-refractivity contribution is -0.133. The molecule has 0 spiro atoms. The van der Waals surface area contributed by atoms with E-state index >= 15 is 0 Å². The van der Waals surface area contributed by atoms with E-state index in [1.165, 1.54) is 25.3 Å². The number of halogens is 2. The van der Waals surface area contributed by atoms with Crippen LogP contribution in [0.5, 0.6) is 0 Å². The van der Waals surface area contributed by atoms with E-state index in [1.54, 1.807) is 23.1 Å². The number of sulfonamides is 1. The number of carbonyl (C=O) groups excluding carboxylic acids is 1. The molecule has 0 aromatic heterocycles. The van der Waals surface area contributed by atoms with Crippen LogP contribution in [0.25, 0.3) is 11.1 Å². The van der Waals surface area contributed by atoms with Gasteiger partial charge in [-0.25, -0.2) is 21.9 Å². The normalized spacial score (nSPS) is 23.2. The molecule has 0 bridgehead atoms. The molecule has 32 heavy (non-hydrogen) atoms. The average Bonchev–Trinajstić information content (AvgIpc) is 3.54. The van der Waals surface area contributed by atoms with E-state index in [2.05, 4.69) is 4.72 Å². The van der Waals surface area contributed by atoms with Crippen molar-refractivity contribution in [1.29, 1.82) is 0 Å². The molecule has 1 heterocycles. The summed E-state index contributed by atoms with van der Waals surface area (Å²) in [5.41, 5.74) is 1.14. The van der Waals surface area contributed by atoms with Crippen LogP contribution >= 0.6 is 0 Å². The van der Waals surface area contributed by atoms with Gasteiger partial charge in [-0.3, -0.25) is 4.79 Å². The minimum atomic E-state index is -3.56. The molecule has 3 atom stereocenters. The van der Waals surface area contributed by atoms with Crippen molar-refractivity contribution in [3.8, 4) is 11.1 Å². The van der Waals surface area contributed by atoms with Gasteiger partial charge in [-0.05, 0) is 48.4 Å². The van der Waals surface area contributed by atoms with Crippen molar-refractivity contribution in [3.05, 3.63) is 59.7 Å². The fourth-order valence-corrected chi connectivity index (χ4v) is 5.64. The number of ether oxygens (including phenoxy) is 1. The monoisotopic (exact) mass is 464 g/mol.